The normalized spacial score (nSPS) is 13.4. The van der Waals surface area contributed by atoms with Crippen LogP contribution in [-0.4, -0.2) is 12.8 Å². The van der Waals surface area contributed by atoms with Crippen LogP contribution in [0.2, 0.25) is 0 Å². The summed E-state index contributed by atoms with van der Waals surface area (Å²) < 4.78 is 5.33. The molecule has 0 radical (unpaired) electrons. The Bertz CT molecular complexity index is 273. The SMILES string of the molecule is CCCC(C)Pc1ccccc1OC. The molecule has 0 fully saturated rings. The molecule has 0 aliphatic heterocycles. The van der Waals surface area contributed by atoms with Crippen LogP contribution in [0.25, 0.3) is 0 Å². The summed E-state index contributed by atoms with van der Waals surface area (Å²) in [6.45, 7) is 4.55. The number of methoxy groups -OCH3 is 1. The van der Waals surface area contributed by atoms with E-state index in [1.165, 1.54) is 18.1 Å². The Hall–Kier alpha value is -0.550. The minimum absolute atomic E-state index is 0.774. The van der Waals surface area contributed by atoms with Gasteiger partial charge in [-0.25, -0.2) is 0 Å². The quantitative estimate of drug-likeness (QED) is 0.678. The van der Waals surface area contributed by atoms with Gasteiger partial charge in [0.25, 0.3) is 0 Å². The molecule has 14 heavy (non-hydrogen) atoms. The summed E-state index contributed by atoms with van der Waals surface area (Å²) in [5.41, 5.74) is 0.774. The second-order valence-corrected chi connectivity index (χ2v) is 5.35. The molecular weight excluding hydrogens is 191 g/mol. The van der Waals surface area contributed by atoms with Crippen LogP contribution in [0.5, 0.6) is 5.75 Å². The molecule has 1 rings (SSSR count). The highest BCUT2D eigenvalue weighted by Crippen LogP contribution is 2.26. The summed E-state index contributed by atoms with van der Waals surface area (Å²) >= 11 is 0. The summed E-state index contributed by atoms with van der Waals surface area (Å²) in [4.78, 5) is 0. The van der Waals surface area contributed by atoms with E-state index < -0.39 is 0 Å². The van der Waals surface area contributed by atoms with Crippen LogP contribution in [-0.2, 0) is 0 Å². The maximum atomic E-state index is 5.33. The van der Waals surface area contributed by atoms with E-state index in [1.807, 2.05) is 12.1 Å². The van der Waals surface area contributed by atoms with E-state index in [9.17, 15) is 0 Å². The summed E-state index contributed by atoms with van der Waals surface area (Å²) in [7, 11) is 2.61. The first-order chi connectivity index (χ1) is 6.77. The first kappa shape index (κ1) is 11.5. The van der Waals surface area contributed by atoms with Gasteiger partial charge in [0.2, 0.25) is 0 Å². The molecule has 0 saturated heterocycles. The molecule has 0 aromatic heterocycles. The Balaban J connectivity index is 2.65. The van der Waals surface area contributed by atoms with Crippen LogP contribution in [0.3, 0.4) is 0 Å². The van der Waals surface area contributed by atoms with E-state index in [0.29, 0.717) is 0 Å². The second-order valence-electron chi connectivity index (χ2n) is 3.53. The maximum absolute atomic E-state index is 5.33. The average molecular weight is 210 g/mol. The minimum Gasteiger partial charge on any atom is -0.496 e. The van der Waals surface area contributed by atoms with Crippen LogP contribution >= 0.6 is 8.58 Å². The van der Waals surface area contributed by atoms with E-state index in [-0.39, 0.29) is 0 Å². The zero-order valence-corrected chi connectivity index (χ0v) is 10.2. The van der Waals surface area contributed by atoms with Crippen LogP contribution < -0.4 is 10.0 Å². The summed E-state index contributed by atoms with van der Waals surface area (Å²) in [5, 5.41) is 1.36. The topological polar surface area (TPSA) is 9.23 Å². The zero-order chi connectivity index (χ0) is 10.4. The van der Waals surface area contributed by atoms with Gasteiger partial charge < -0.3 is 4.74 Å². The smallest absolute Gasteiger partial charge is 0.126 e. The highest BCUT2D eigenvalue weighted by atomic mass is 31.1. The van der Waals surface area contributed by atoms with Gasteiger partial charge in [-0.2, -0.15) is 0 Å². The Labute approximate surface area is 88.6 Å². The Kier molecular flexibility index (Phi) is 4.97. The second kappa shape index (κ2) is 6.03. The molecule has 2 unspecified atom stereocenters. The van der Waals surface area contributed by atoms with Crippen molar-refractivity contribution in [2.45, 2.75) is 32.3 Å². The van der Waals surface area contributed by atoms with Gasteiger partial charge in [-0.1, -0.05) is 47.0 Å². The molecule has 78 valence electrons. The number of para-hydroxylation sites is 1. The van der Waals surface area contributed by atoms with Crippen molar-refractivity contribution < 1.29 is 4.74 Å². The predicted octanol–water partition coefficient (Wildman–Crippen LogP) is 3.19. The van der Waals surface area contributed by atoms with Gasteiger partial charge >= 0.3 is 0 Å². The van der Waals surface area contributed by atoms with Crippen molar-refractivity contribution in [3.8, 4) is 5.75 Å². The lowest BCUT2D eigenvalue weighted by atomic mass is 10.3. The van der Waals surface area contributed by atoms with Crippen molar-refractivity contribution in [2.24, 2.45) is 0 Å². The van der Waals surface area contributed by atoms with Gasteiger partial charge in [0.1, 0.15) is 5.75 Å². The lowest BCUT2D eigenvalue weighted by molar-refractivity contribution is 0.418. The van der Waals surface area contributed by atoms with Gasteiger partial charge in [0.05, 0.1) is 7.11 Å². The van der Waals surface area contributed by atoms with Gasteiger partial charge in [-0.05, 0) is 18.1 Å². The van der Waals surface area contributed by atoms with Gasteiger partial charge in [0.15, 0.2) is 0 Å². The van der Waals surface area contributed by atoms with E-state index in [2.05, 4.69) is 26.0 Å². The molecule has 0 bridgehead atoms. The number of rotatable bonds is 5. The Morgan fingerprint density at radius 3 is 2.71 bits per heavy atom. The van der Waals surface area contributed by atoms with Crippen molar-refractivity contribution in [2.75, 3.05) is 7.11 Å². The van der Waals surface area contributed by atoms with Crippen molar-refractivity contribution >= 4 is 13.9 Å². The third-order valence-electron chi connectivity index (χ3n) is 2.23. The molecule has 2 atom stereocenters. The third kappa shape index (κ3) is 3.31. The third-order valence-corrected chi connectivity index (χ3v) is 3.74. The lowest BCUT2D eigenvalue weighted by Crippen LogP contribution is -2.05. The molecular formula is C12H19OP. The van der Waals surface area contributed by atoms with Crippen LogP contribution in [0.15, 0.2) is 24.3 Å². The first-order valence-electron chi connectivity index (χ1n) is 5.17. The van der Waals surface area contributed by atoms with Crippen LogP contribution in [0.1, 0.15) is 26.7 Å². The molecule has 2 heteroatoms. The van der Waals surface area contributed by atoms with Crippen LogP contribution in [0, 0.1) is 0 Å². The fraction of sp³-hybridized carbons (Fsp3) is 0.500. The van der Waals surface area contributed by atoms with E-state index in [4.69, 9.17) is 4.74 Å². The molecule has 1 aromatic carbocycles. The fourth-order valence-electron chi connectivity index (χ4n) is 1.53. The molecule has 0 aliphatic carbocycles. The molecule has 0 heterocycles. The lowest BCUT2D eigenvalue weighted by Gasteiger charge is -2.13. The Morgan fingerprint density at radius 2 is 2.07 bits per heavy atom. The molecule has 1 aromatic rings. The van der Waals surface area contributed by atoms with E-state index >= 15 is 0 Å². The molecule has 1 nitrogen and oxygen atoms in total. The molecule has 0 N–H and O–H groups in total. The standard InChI is InChI=1S/C12H19OP/c1-4-7-10(2)14-12-9-6-5-8-11(12)13-3/h5-6,8-10,14H,4,7H2,1-3H3. The number of benzene rings is 1. The highest BCUT2D eigenvalue weighted by Gasteiger charge is 2.06. The van der Waals surface area contributed by atoms with Gasteiger partial charge in [0, 0.05) is 5.30 Å². The highest BCUT2D eigenvalue weighted by molar-refractivity contribution is 7.48. The minimum atomic E-state index is 0.774. The Morgan fingerprint density at radius 1 is 1.36 bits per heavy atom. The maximum Gasteiger partial charge on any atom is 0.126 e. The van der Waals surface area contributed by atoms with Crippen molar-refractivity contribution in [3.05, 3.63) is 24.3 Å². The fourth-order valence-corrected chi connectivity index (χ4v) is 3.02. The largest absolute Gasteiger partial charge is 0.496 e. The summed E-state index contributed by atoms with van der Waals surface area (Å²) in [5.74, 6) is 1.04. The summed E-state index contributed by atoms with van der Waals surface area (Å²) in [6.07, 6.45) is 2.57. The van der Waals surface area contributed by atoms with Crippen LogP contribution in [0.4, 0.5) is 0 Å². The zero-order valence-electron chi connectivity index (χ0n) is 9.21. The van der Waals surface area contributed by atoms with Gasteiger partial charge in [-0.15, -0.1) is 0 Å². The molecule has 0 saturated carbocycles. The molecule has 0 amide bonds. The van der Waals surface area contributed by atoms with Gasteiger partial charge in [-0.3, -0.25) is 0 Å². The molecule has 0 spiro atoms. The van der Waals surface area contributed by atoms with Crippen molar-refractivity contribution in [1.29, 1.82) is 0 Å². The monoisotopic (exact) mass is 210 g/mol. The summed E-state index contributed by atoms with van der Waals surface area (Å²) in [6, 6.07) is 8.32. The predicted molar refractivity (Wildman–Crippen MR) is 65.3 cm³/mol. The first-order valence-corrected chi connectivity index (χ1v) is 6.25. The molecule has 0 aliphatic rings. The van der Waals surface area contributed by atoms with Crippen molar-refractivity contribution in [3.63, 3.8) is 0 Å². The van der Waals surface area contributed by atoms with E-state index in [1.54, 1.807) is 7.11 Å². The van der Waals surface area contributed by atoms with Crippen molar-refractivity contribution in [1.82, 2.24) is 0 Å². The average Bonchev–Trinajstić information content (AvgIpc) is 2.19. The number of ether oxygens (including phenoxy) is 1. The number of hydrogen-bond donors (Lipinski definition) is 0. The number of hydrogen-bond acceptors (Lipinski definition) is 1. The van der Waals surface area contributed by atoms with E-state index in [0.717, 1.165) is 20.0 Å².